The Labute approximate surface area is 198 Å². The van der Waals surface area contributed by atoms with Gasteiger partial charge in [-0.1, -0.05) is 24.3 Å². The molecule has 0 aromatic heterocycles. The summed E-state index contributed by atoms with van der Waals surface area (Å²) >= 11 is 0. The molecule has 0 spiro atoms. The topological polar surface area (TPSA) is 82.4 Å². The van der Waals surface area contributed by atoms with Crippen molar-refractivity contribution in [3.8, 4) is 11.8 Å². The quantitative estimate of drug-likeness (QED) is 0.608. The van der Waals surface area contributed by atoms with Crippen LogP contribution in [0, 0.1) is 11.3 Å². The first-order chi connectivity index (χ1) is 16.5. The number of hydrogen-bond donors (Lipinski definition) is 1. The van der Waals surface area contributed by atoms with Gasteiger partial charge >= 0.3 is 0 Å². The summed E-state index contributed by atoms with van der Waals surface area (Å²) in [6.07, 6.45) is 2.39. The molecule has 1 N–H and O–H groups in total. The Morgan fingerprint density at radius 1 is 1.09 bits per heavy atom. The zero-order valence-corrected chi connectivity index (χ0v) is 19.0. The summed E-state index contributed by atoms with van der Waals surface area (Å²) in [5.41, 5.74) is 4.97. The molecular formula is C28H25N3O3. The number of aryl methyl sites for hydroxylation is 1. The lowest BCUT2D eigenvalue weighted by molar-refractivity contribution is -0.140. The Morgan fingerprint density at radius 3 is 2.68 bits per heavy atom. The Bertz CT molecular complexity index is 1290. The van der Waals surface area contributed by atoms with E-state index in [0.29, 0.717) is 29.1 Å². The Hall–Kier alpha value is -4.11. The molecule has 0 saturated heterocycles. The summed E-state index contributed by atoms with van der Waals surface area (Å²) in [5.74, 6) is 0.367. The molecule has 1 heterocycles. The number of hydrogen-bond acceptors (Lipinski definition) is 4. The number of nitrogens with zero attached hydrogens (tertiary/aromatic N) is 2. The molecule has 1 aliphatic carbocycles. The third kappa shape index (κ3) is 4.13. The lowest BCUT2D eigenvalue weighted by atomic mass is 9.86. The number of nitrogens with one attached hydrogen (secondary N) is 1. The van der Waals surface area contributed by atoms with Crippen LogP contribution < -0.4 is 10.1 Å². The molecule has 6 nitrogen and oxygen atoms in total. The number of nitriles is 1. The van der Waals surface area contributed by atoms with Gasteiger partial charge in [0.2, 0.25) is 0 Å². The second-order valence-electron chi connectivity index (χ2n) is 8.80. The van der Waals surface area contributed by atoms with Crippen LogP contribution in [0.2, 0.25) is 0 Å². The van der Waals surface area contributed by atoms with Crippen molar-refractivity contribution in [2.75, 3.05) is 5.32 Å². The van der Waals surface area contributed by atoms with Crippen LogP contribution in [0.5, 0.6) is 5.75 Å². The fourth-order valence-corrected chi connectivity index (χ4v) is 4.85. The molecule has 170 valence electrons. The second kappa shape index (κ2) is 9.03. The standard InChI is InChI=1S/C28H25N3O3/c1-18-28(33)31(25-8-4-6-20-5-2-3-7-24(20)25)17-22-15-23(13-14-26(22)34-18)30-27(32)21-11-9-19(16-29)10-12-21/h2-3,5,7,9-15,18,25H,4,6,8,17H2,1H3,(H,30,32)/t18-,25-/m1/s1. The van der Waals surface area contributed by atoms with Gasteiger partial charge in [0.1, 0.15) is 5.75 Å². The number of anilines is 1. The van der Waals surface area contributed by atoms with Gasteiger partial charge in [0.25, 0.3) is 11.8 Å². The average Bonchev–Trinajstić information content (AvgIpc) is 2.99. The number of amides is 2. The van der Waals surface area contributed by atoms with E-state index < -0.39 is 6.10 Å². The molecule has 0 saturated carbocycles. The summed E-state index contributed by atoms with van der Waals surface area (Å²) in [7, 11) is 0. The first-order valence-corrected chi connectivity index (χ1v) is 11.5. The fraction of sp³-hybridized carbons (Fsp3) is 0.250. The first-order valence-electron chi connectivity index (χ1n) is 11.5. The van der Waals surface area contributed by atoms with Crippen LogP contribution in [-0.4, -0.2) is 22.8 Å². The minimum absolute atomic E-state index is 0.00588. The highest BCUT2D eigenvalue weighted by molar-refractivity contribution is 6.04. The highest BCUT2D eigenvalue weighted by Crippen LogP contribution is 2.38. The third-order valence-corrected chi connectivity index (χ3v) is 6.58. The van der Waals surface area contributed by atoms with Crippen LogP contribution in [0.4, 0.5) is 5.69 Å². The largest absolute Gasteiger partial charge is 0.481 e. The van der Waals surface area contributed by atoms with Gasteiger partial charge in [0.05, 0.1) is 24.2 Å². The van der Waals surface area contributed by atoms with Crippen LogP contribution in [-0.2, 0) is 17.8 Å². The van der Waals surface area contributed by atoms with Crippen LogP contribution in [0.1, 0.15) is 58.4 Å². The Morgan fingerprint density at radius 2 is 1.88 bits per heavy atom. The SMILES string of the molecule is C[C@H]1Oc2ccc(NC(=O)c3ccc(C#N)cc3)cc2CN([C@@H]2CCCc3ccccc32)C1=O. The van der Waals surface area contributed by atoms with Gasteiger partial charge in [0.15, 0.2) is 6.10 Å². The maximum atomic E-state index is 13.3. The summed E-state index contributed by atoms with van der Waals surface area (Å²) in [4.78, 5) is 28.0. The first kappa shape index (κ1) is 21.7. The van der Waals surface area contributed by atoms with Gasteiger partial charge in [-0.2, -0.15) is 5.26 Å². The van der Waals surface area contributed by atoms with Gasteiger partial charge in [0, 0.05) is 16.8 Å². The molecule has 2 amide bonds. The maximum absolute atomic E-state index is 13.3. The van der Waals surface area contributed by atoms with Gasteiger partial charge in [-0.3, -0.25) is 9.59 Å². The second-order valence-corrected chi connectivity index (χ2v) is 8.80. The third-order valence-electron chi connectivity index (χ3n) is 6.58. The van der Waals surface area contributed by atoms with Crippen LogP contribution in [0.25, 0.3) is 0 Å². The molecule has 2 aliphatic rings. The van der Waals surface area contributed by atoms with E-state index in [1.807, 2.05) is 29.2 Å². The molecule has 3 aromatic rings. The summed E-state index contributed by atoms with van der Waals surface area (Å²) < 4.78 is 6.01. The fourth-order valence-electron chi connectivity index (χ4n) is 4.85. The molecule has 0 radical (unpaired) electrons. The van der Waals surface area contributed by atoms with E-state index in [1.165, 1.54) is 11.1 Å². The van der Waals surface area contributed by atoms with Crippen molar-refractivity contribution < 1.29 is 14.3 Å². The summed E-state index contributed by atoms with van der Waals surface area (Å²) in [6, 6.07) is 22.4. The summed E-state index contributed by atoms with van der Waals surface area (Å²) in [6.45, 7) is 2.21. The van der Waals surface area contributed by atoms with E-state index in [1.54, 1.807) is 37.3 Å². The van der Waals surface area contributed by atoms with E-state index in [0.717, 1.165) is 24.8 Å². The Balaban J connectivity index is 1.42. The van der Waals surface area contributed by atoms with E-state index in [-0.39, 0.29) is 17.9 Å². The van der Waals surface area contributed by atoms with Crippen LogP contribution in [0.3, 0.4) is 0 Å². The van der Waals surface area contributed by atoms with Crippen molar-refractivity contribution >= 4 is 17.5 Å². The normalized spacial score (nSPS) is 19.2. The zero-order valence-electron chi connectivity index (χ0n) is 19.0. The van der Waals surface area contributed by atoms with Crippen molar-refractivity contribution in [3.05, 3.63) is 94.5 Å². The molecule has 1 aliphatic heterocycles. The van der Waals surface area contributed by atoms with Gasteiger partial charge in [-0.05, 0) is 79.8 Å². The molecule has 0 bridgehead atoms. The van der Waals surface area contributed by atoms with Crippen molar-refractivity contribution in [1.29, 1.82) is 5.26 Å². The molecule has 5 rings (SSSR count). The minimum atomic E-state index is -0.588. The molecule has 2 atom stereocenters. The molecular weight excluding hydrogens is 426 g/mol. The van der Waals surface area contributed by atoms with E-state index in [9.17, 15) is 9.59 Å². The predicted molar refractivity (Wildman–Crippen MR) is 128 cm³/mol. The number of carbonyl (C=O) groups excluding carboxylic acids is 2. The van der Waals surface area contributed by atoms with Crippen molar-refractivity contribution in [2.45, 2.75) is 44.9 Å². The maximum Gasteiger partial charge on any atom is 0.264 e. The van der Waals surface area contributed by atoms with E-state index in [2.05, 4.69) is 23.5 Å². The van der Waals surface area contributed by atoms with Crippen molar-refractivity contribution in [3.63, 3.8) is 0 Å². The molecule has 6 heteroatoms. The number of rotatable bonds is 3. The van der Waals surface area contributed by atoms with Gasteiger partial charge in [-0.15, -0.1) is 0 Å². The van der Waals surface area contributed by atoms with E-state index in [4.69, 9.17) is 10.00 Å². The smallest absolute Gasteiger partial charge is 0.264 e. The number of fused-ring (bicyclic) bond motifs is 2. The van der Waals surface area contributed by atoms with Crippen LogP contribution in [0.15, 0.2) is 66.7 Å². The molecule has 0 unspecified atom stereocenters. The van der Waals surface area contributed by atoms with Crippen LogP contribution >= 0.6 is 0 Å². The summed E-state index contributed by atoms with van der Waals surface area (Å²) in [5, 5.41) is 11.9. The number of benzene rings is 3. The highest BCUT2D eigenvalue weighted by Gasteiger charge is 2.35. The minimum Gasteiger partial charge on any atom is -0.481 e. The van der Waals surface area contributed by atoms with Gasteiger partial charge in [-0.25, -0.2) is 0 Å². The molecule has 0 fully saturated rings. The van der Waals surface area contributed by atoms with E-state index >= 15 is 0 Å². The van der Waals surface area contributed by atoms with Gasteiger partial charge < -0.3 is 15.0 Å². The Kier molecular flexibility index (Phi) is 5.77. The predicted octanol–water partition coefficient (Wildman–Crippen LogP) is 5.00. The number of ether oxygens (including phenoxy) is 1. The van der Waals surface area contributed by atoms with Crippen molar-refractivity contribution in [1.82, 2.24) is 4.90 Å². The highest BCUT2D eigenvalue weighted by atomic mass is 16.5. The van der Waals surface area contributed by atoms with Crippen molar-refractivity contribution in [2.24, 2.45) is 0 Å². The lowest BCUT2D eigenvalue weighted by Gasteiger charge is -2.35. The lowest BCUT2D eigenvalue weighted by Crippen LogP contribution is -2.41. The molecule has 34 heavy (non-hydrogen) atoms. The monoisotopic (exact) mass is 451 g/mol. The number of carbonyl (C=O) groups is 2. The molecule has 3 aromatic carbocycles. The average molecular weight is 452 g/mol. The zero-order chi connectivity index (χ0) is 23.7.